The van der Waals surface area contributed by atoms with Gasteiger partial charge in [-0.05, 0) is 38.3 Å². The predicted octanol–water partition coefficient (Wildman–Crippen LogP) is -4.15. The van der Waals surface area contributed by atoms with Crippen LogP contribution in [-0.2, 0) is 33.6 Å². The third kappa shape index (κ3) is 16.1. The van der Waals surface area contributed by atoms with E-state index in [1.54, 1.807) is 0 Å². The molecule has 1 unspecified atom stereocenters. The Hall–Kier alpha value is -3.87. The van der Waals surface area contributed by atoms with Crippen LogP contribution >= 0.6 is 0 Å². The Morgan fingerprint density at radius 1 is 0.644 bits per heavy atom. The zero-order chi connectivity index (χ0) is 33.4. The number of amides is 4. The van der Waals surface area contributed by atoms with Crippen molar-refractivity contribution in [3.63, 3.8) is 0 Å². The first kappa shape index (κ1) is 37.3. The van der Waals surface area contributed by atoms with E-state index >= 15 is 0 Å². The van der Waals surface area contributed by atoms with Gasteiger partial charge in [-0.1, -0.05) is 0 Å². The fourth-order valence-electron chi connectivity index (χ4n) is 5.28. The first-order valence-corrected chi connectivity index (χ1v) is 15.0. The largest absolute Gasteiger partial charge is 0.481 e. The number of primary amides is 1. The van der Waals surface area contributed by atoms with E-state index in [4.69, 9.17) is 10.8 Å². The molecule has 18 nitrogen and oxygen atoms in total. The highest BCUT2D eigenvalue weighted by atomic mass is 16.4. The first-order valence-electron chi connectivity index (χ1n) is 15.0. The fraction of sp³-hybridized carbons (Fsp3) is 0.741. The molecule has 0 aromatic rings. The van der Waals surface area contributed by atoms with Crippen molar-refractivity contribution in [1.82, 2.24) is 35.6 Å². The zero-order valence-electron chi connectivity index (χ0n) is 25.4. The van der Waals surface area contributed by atoms with Gasteiger partial charge >= 0.3 is 17.9 Å². The van der Waals surface area contributed by atoms with Crippen LogP contribution < -0.4 is 21.7 Å². The van der Waals surface area contributed by atoms with E-state index in [1.807, 2.05) is 14.7 Å². The lowest BCUT2D eigenvalue weighted by molar-refractivity contribution is -0.140. The Kier molecular flexibility index (Phi) is 16.2. The van der Waals surface area contributed by atoms with Gasteiger partial charge in [-0.25, -0.2) is 0 Å². The molecule has 2 saturated heterocycles. The van der Waals surface area contributed by atoms with Gasteiger partial charge in [-0.15, -0.1) is 0 Å². The number of carbonyl (C=O) groups excluding carboxylic acids is 4. The molecule has 0 aliphatic carbocycles. The van der Waals surface area contributed by atoms with Gasteiger partial charge in [-0.2, -0.15) is 0 Å². The number of likely N-dealkylation sites (tertiary alicyclic amines) is 1. The molecular formula is C27H46N8O10. The van der Waals surface area contributed by atoms with Crippen LogP contribution in [0.4, 0.5) is 0 Å². The second-order valence-corrected chi connectivity index (χ2v) is 11.4. The molecule has 0 bridgehead atoms. The van der Waals surface area contributed by atoms with Crippen LogP contribution in [-0.4, -0.2) is 174 Å². The maximum atomic E-state index is 12.8. The number of nitrogens with one attached hydrogen (secondary N) is 3. The second-order valence-electron chi connectivity index (χ2n) is 11.4. The Labute approximate surface area is 261 Å². The van der Waals surface area contributed by atoms with Crippen LogP contribution in [0.2, 0.25) is 0 Å². The highest BCUT2D eigenvalue weighted by molar-refractivity contribution is 5.92. The van der Waals surface area contributed by atoms with Crippen LogP contribution in [0.1, 0.15) is 25.7 Å². The monoisotopic (exact) mass is 642 g/mol. The number of aliphatic carboxylic acids is 3. The minimum absolute atomic E-state index is 0.000675. The van der Waals surface area contributed by atoms with Crippen molar-refractivity contribution < 1.29 is 48.9 Å². The van der Waals surface area contributed by atoms with Crippen molar-refractivity contribution in [1.29, 1.82) is 0 Å². The number of carboxylic acid groups (broad SMARTS) is 3. The van der Waals surface area contributed by atoms with Gasteiger partial charge in [0.15, 0.2) is 0 Å². The summed E-state index contributed by atoms with van der Waals surface area (Å²) in [4.78, 5) is 89.4. The van der Waals surface area contributed by atoms with Crippen molar-refractivity contribution in [3.8, 4) is 0 Å². The molecule has 2 aliphatic rings. The third-order valence-corrected chi connectivity index (χ3v) is 7.69. The maximum Gasteiger partial charge on any atom is 0.317 e. The number of hydrogen-bond donors (Lipinski definition) is 7. The Morgan fingerprint density at radius 2 is 1.16 bits per heavy atom. The molecule has 18 heteroatoms. The number of carbonyl (C=O) groups is 7. The SMILES string of the molecule is NC(=O)CNC(=O)CNC(=O)C(CCC(=O)O)NC(=O)CN1CCC(CN2CCN(CC(=O)O)CCN(CC(=O)O)CC2)CC1. The normalized spacial score (nSPS) is 18.5. The summed E-state index contributed by atoms with van der Waals surface area (Å²) in [5, 5.41) is 34.7. The van der Waals surface area contributed by atoms with Gasteiger partial charge < -0.3 is 41.9 Å². The summed E-state index contributed by atoms with van der Waals surface area (Å²) in [5.41, 5.74) is 4.96. The zero-order valence-corrected chi connectivity index (χ0v) is 25.4. The molecule has 1 atom stereocenters. The lowest BCUT2D eigenvalue weighted by atomic mass is 9.96. The van der Waals surface area contributed by atoms with Crippen LogP contribution in [0.5, 0.6) is 0 Å². The van der Waals surface area contributed by atoms with E-state index in [0.717, 1.165) is 19.4 Å². The molecule has 2 rings (SSSR count). The summed E-state index contributed by atoms with van der Waals surface area (Å²) >= 11 is 0. The summed E-state index contributed by atoms with van der Waals surface area (Å²) in [6.45, 7) is 4.26. The van der Waals surface area contributed by atoms with Crippen LogP contribution in [0.3, 0.4) is 0 Å². The highest BCUT2D eigenvalue weighted by Crippen LogP contribution is 2.19. The van der Waals surface area contributed by atoms with Gasteiger partial charge in [0.1, 0.15) is 6.04 Å². The van der Waals surface area contributed by atoms with E-state index in [0.29, 0.717) is 58.3 Å². The van der Waals surface area contributed by atoms with E-state index in [2.05, 4.69) is 20.9 Å². The average molecular weight is 643 g/mol. The molecular weight excluding hydrogens is 596 g/mol. The minimum Gasteiger partial charge on any atom is -0.481 e. The molecule has 2 aliphatic heterocycles. The molecule has 254 valence electrons. The molecule has 0 radical (unpaired) electrons. The van der Waals surface area contributed by atoms with Gasteiger partial charge in [0.25, 0.3) is 0 Å². The van der Waals surface area contributed by atoms with E-state index in [1.165, 1.54) is 0 Å². The maximum absolute atomic E-state index is 12.8. The Bertz CT molecular complexity index is 1020. The standard InChI is InChI=1S/C27H46N8O10/c28-21(36)13-29-22(37)14-30-27(45)20(1-2-24(39)40)31-23(38)16-32-5-3-19(4-6-32)15-33-7-9-34(17-25(41)42)11-12-35(10-8-33)18-26(43)44/h19-20H,1-18H2,(H2,28,36)(H,29,37)(H,30,45)(H,31,38)(H,39,40)(H,41,42)(H,43,44). The molecule has 4 amide bonds. The van der Waals surface area contributed by atoms with Gasteiger partial charge in [0.05, 0.1) is 32.7 Å². The molecule has 0 spiro atoms. The molecule has 0 aromatic carbocycles. The summed E-state index contributed by atoms with van der Waals surface area (Å²) in [6.07, 6.45) is 1.04. The fourth-order valence-corrected chi connectivity index (χ4v) is 5.28. The molecule has 45 heavy (non-hydrogen) atoms. The summed E-state index contributed by atoms with van der Waals surface area (Å²) < 4.78 is 0. The first-order chi connectivity index (χ1) is 21.3. The summed E-state index contributed by atoms with van der Waals surface area (Å²) in [6, 6.07) is -1.17. The van der Waals surface area contributed by atoms with E-state index in [-0.39, 0.29) is 32.5 Å². The number of piperidine rings is 1. The second kappa shape index (κ2) is 19.5. The third-order valence-electron chi connectivity index (χ3n) is 7.69. The minimum atomic E-state index is -1.17. The van der Waals surface area contributed by atoms with E-state index in [9.17, 15) is 43.8 Å². The Balaban J connectivity index is 1.85. The smallest absolute Gasteiger partial charge is 0.317 e. The van der Waals surface area contributed by atoms with Gasteiger partial charge in [-0.3, -0.25) is 48.3 Å². The Morgan fingerprint density at radius 3 is 1.64 bits per heavy atom. The quantitative estimate of drug-likeness (QED) is 0.0795. The number of nitrogens with two attached hydrogens (primary N) is 1. The van der Waals surface area contributed by atoms with Crippen LogP contribution in [0.25, 0.3) is 0 Å². The molecule has 2 fully saturated rings. The van der Waals surface area contributed by atoms with Crippen molar-refractivity contribution >= 4 is 41.5 Å². The van der Waals surface area contributed by atoms with Crippen molar-refractivity contribution in [2.24, 2.45) is 11.7 Å². The lowest BCUT2D eigenvalue weighted by Gasteiger charge is -2.35. The molecule has 0 saturated carbocycles. The number of carboxylic acids is 3. The van der Waals surface area contributed by atoms with Crippen LogP contribution in [0, 0.1) is 5.92 Å². The van der Waals surface area contributed by atoms with Gasteiger partial charge in [0, 0.05) is 52.2 Å². The molecule has 2 heterocycles. The number of rotatable bonds is 17. The topological polar surface area (TPSA) is 255 Å². The van der Waals surface area contributed by atoms with Crippen molar-refractivity contribution in [3.05, 3.63) is 0 Å². The molecule has 0 aromatic heterocycles. The number of nitrogens with zero attached hydrogens (tertiary/aromatic N) is 4. The summed E-state index contributed by atoms with van der Waals surface area (Å²) in [5.74, 6) is -5.31. The van der Waals surface area contributed by atoms with Crippen molar-refractivity contribution in [2.45, 2.75) is 31.7 Å². The van der Waals surface area contributed by atoms with Crippen molar-refractivity contribution in [2.75, 3.05) is 91.6 Å². The highest BCUT2D eigenvalue weighted by Gasteiger charge is 2.27. The van der Waals surface area contributed by atoms with Gasteiger partial charge in [0.2, 0.25) is 23.6 Å². The lowest BCUT2D eigenvalue weighted by Crippen LogP contribution is -2.52. The predicted molar refractivity (Wildman–Crippen MR) is 158 cm³/mol. The average Bonchev–Trinajstić information content (AvgIpc) is 3.04. The summed E-state index contributed by atoms with van der Waals surface area (Å²) in [7, 11) is 0. The number of hydrogen-bond acceptors (Lipinski definition) is 11. The molecule has 8 N–H and O–H groups in total. The van der Waals surface area contributed by atoms with Crippen LogP contribution in [0.15, 0.2) is 0 Å². The van der Waals surface area contributed by atoms with E-state index < -0.39 is 60.7 Å².